The summed E-state index contributed by atoms with van der Waals surface area (Å²) in [7, 11) is -1.27. The van der Waals surface area contributed by atoms with Gasteiger partial charge >= 0.3 is 0 Å². The van der Waals surface area contributed by atoms with Crippen LogP contribution in [0.4, 0.5) is 16.3 Å². The zero-order valence-electron chi connectivity index (χ0n) is 25.1. The maximum absolute atomic E-state index is 13.9. The van der Waals surface area contributed by atoms with Crippen molar-refractivity contribution in [2.45, 2.75) is 70.5 Å². The Morgan fingerprint density at radius 2 is 1.74 bits per heavy atom. The summed E-state index contributed by atoms with van der Waals surface area (Å²) in [4.78, 5) is 18.1. The normalized spacial score (nSPS) is 20.5. The Balaban J connectivity index is 0.00000173. The van der Waals surface area contributed by atoms with Crippen LogP contribution in [0.25, 0.3) is 5.69 Å². The summed E-state index contributed by atoms with van der Waals surface area (Å²) >= 11 is 0. The molecule has 0 saturated carbocycles. The van der Waals surface area contributed by atoms with E-state index < -0.39 is 33.3 Å². The number of sulfonamides is 1. The molecule has 43 heavy (non-hydrogen) atoms. The molecule has 0 bridgehead atoms. The Hall–Kier alpha value is -3.70. The van der Waals surface area contributed by atoms with Crippen molar-refractivity contribution in [1.82, 2.24) is 34.7 Å². The molecule has 3 aromatic rings. The van der Waals surface area contributed by atoms with Crippen LogP contribution < -0.4 is 19.1 Å². The maximum Gasteiger partial charge on any atom is 0.245 e. The van der Waals surface area contributed by atoms with Gasteiger partial charge in [0, 0.05) is 21.1 Å². The van der Waals surface area contributed by atoms with Crippen molar-refractivity contribution in [1.29, 1.82) is 0 Å². The summed E-state index contributed by atoms with van der Waals surface area (Å²) in [5.74, 6) is 0.0844. The first kappa shape index (κ1) is 32.2. The quantitative estimate of drug-likeness (QED) is 0.349. The van der Waals surface area contributed by atoms with E-state index >= 15 is 0 Å². The number of rotatable bonds is 10. The van der Waals surface area contributed by atoms with Gasteiger partial charge in [-0.1, -0.05) is 13.8 Å². The highest BCUT2D eigenvalue weighted by Crippen LogP contribution is 2.37. The van der Waals surface area contributed by atoms with Gasteiger partial charge in [-0.25, -0.2) is 22.8 Å². The van der Waals surface area contributed by atoms with E-state index in [-0.39, 0.29) is 49.8 Å². The molecule has 1 N–H and O–H groups in total. The summed E-state index contributed by atoms with van der Waals surface area (Å²) in [6.45, 7) is 8.64. The second-order valence-corrected chi connectivity index (χ2v) is 11.8. The van der Waals surface area contributed by atoms with Crippen molar-refractivity contribution >= 4 is 21.9 Å². The molecule has 17 heteroatoms. The molecule has 0 aromatic carbocycles. The van der Waals surface area contributed by atoms with Crippen molar-refractivity contribution in [3.8, 4) is 17.4 Å². The zero-order valence-corrected chi connectivity index (χ0v) is 25.9. The third-order valence-corrected chi connectivity index (χ3v) is 8.36. The first-order valence-corrected chi connectivity index (χ1v) is 15.6. The number of halogens is 1. The van der Waals surface area contributed by atoms with Gasteiger partial charge in [-0.15, -0.1) is 10.2 Å². The van der Waals surface area contributed by atoms with Gasteiger partial charge in [0.2, 0.25) is 33.7 Å². The van der Waals surface area contributed by atoms with Gasteiger partial charge in [0.15, 0.2) is 17.3 Å². The lowest BCUT2D eigenvalue weighted by Gasteiger charge is -2.37. The summed E-state index contributed by atoms with van der Waals surface area (Å²) in [6, 6.07) is 0. The van der Waals surface area contributed by atoms with E-state index in [0.29, 0.717) is 25.4 Å². The van der Waals surface area contributed by atoms with Crippen LogP contribution in [-0.2, 0) is 19.5 Å². The maximum atomic E-state index is 13.9. The molecule has 3 atom stereocenters. The minimum absolute atomic E-state index is 0. The number of aromatic nitrogens is 7. The Bertz CT molecular complexity index is 1440. The standard InChI is InChI=1S/C24H32FN9O6S.C2H6.H2/c1-14(2)40-16-8-17(12-33(11-16)23-26-9-15(25)10-27-23)41(35,36)32-24-31-30-20(18-6-5-7-39-18)34(24)19-21(37-3)28-13-29-22(19)38-4;1-2;/h9-10,13-14,16-18H,5-8,11-12H2,1-4H3,(H,31,32);1-2H3;1H/t16-,17+,18+;;/m1../s1. The molecule has 2 fully saturated rings. The van der Waals surface area contributed by atoms with Crippen molar-refractivity contribution in [2.75, 3.05) is 43.5 Å². The lowest BCUT2D eigenvalue weighted by Crippen LogP contribution is -2.51. The molecule has 0 unspecified atom stereocenters. The van der Waals surface area contributed by atoms with Gasteiger partial charge < -0.3 is 23.8 Å². The fourth-order valence-electron chi connectivity index (χ4n) is 4.97. The van der Waals surface area contributed by atoms with Gasteiger partial charge in [-0.3, -0.25) is 9.29 Å². The first-order valence-electron chi connectivity index (χ1n) is 14.1. The molecule has 2 aliphatic rings. The summed E-state index contributed by atoms with van der Waals surface area (Å²) in [5, 5.41) is 7.50. The number of nitrogens with one attached hydrogen (secondary N) is 1. The van der Waals surface area contributed by atoms with Gasteiger partial charge in [-0.05, 0) is 33.1 Å². The van der Waals surface area contributed by atoms with Crippen molar-refractivity contribution in [2.24, 2.45) is 0 Å². The highest BCUT2D eigenvalue weighted by atomic mass is 32.2. The first-order chi connectivity index (χ1) is 20.7. The lowest BCUT2D eigenvalue weighted by atomic mass is 10.1. The molecule has 15 nitrogen and oxygen atoms in total. The molecule has 0 radical (unpaired) electrons. The van der Waals surface area contributed by atoms with E-state index in [2.05, 4.69) is 34.9 Å². The number of hydrogen-bond donors (Lipinski definition) is 1. The van der Waals surface area contributed by atoms with Crippen LogP contribution in [0, 0.1) is 5.82 Å². The van der Waals surface area contributed by atoms with Crippen LogP contribution in [-0.4, -0.2) is 94.5 Å². The highest BCUT2D eigenvalue weighted by Gasteiger charge is 2.39. The van der Waals surface area contributed by atoms with E-state index in [4.69, 9.17) is 18.9 Å². The average molecular weight is 626 g/mol. The number of hydrogen-bond acceptors (Lipinski definition) is 13. The second kappa shape index (κ2) is 14.2. The largest absolute Gasteiger partial charge is 0.479 e. The van der Waals surface area contributed by atoms with Crippen molar-refractivity contribution < 1.29 is 33.2 Å². The molecule has 0 spiro atoms. The van der Waals surface area contributed by atoms with Gasteiger partial charge in [0.1, 0.15) is 17.7 Å². The minimum Gasteiger partial charge on any atom is -0.479 e. The summed E-state index contributed by atoms with van der Waals surface area (Å²) < 4.78 is 68.2. The van der Waals surface area contributed by atoms with Gasteiger partial charge in [0.25, 0.3) is 0 Å². The van der Waals surface area contributed by atoms with E-state index in [1.165, 1.54) is 25.1 Å². The van der Waals surface area contributed by atoms with Crippen molar-refractivity contribution in [3.63, 3.8) is 0 Å². The zero-order chi connectivity index (χ0) is 31.1. The van der Waals surface area contributed by atoms with Crippen LogP contribution >= 0.6 is 0 Å². The Kier molecular flexibility index (Phi) is 10.6. The predicted molar refractivity (Wildman–Crippen MR) is 157 cm³/mol. The molecule has 5 heterocycles. The molecule has 2 saturated heterocycles. The van der Waals surface area contributed by atoms with E-state index in [0.717, 1.165) is 18.8 Å². The van der Waals surface area contributed by atoms with Crippen LogP contribution in [0.5, 0.6) is 11.8 Å². The fraction of sp³-hybridized carbons (Fsp3) is 0.615. The number of nitrogens with zero attached hydrogens (tertiary/aromatic N) is 8. The van der Waals surface area contributed by atoms with Crippen molar-refractivity contribution in [3.05, 3.63) is 30.4 Å². The Morgan fingerprint density at radius 3 is 2.33 bits per heavy atom. The molecule has 0 amide bonds. The van der Waals surface area contributed by atoms with Crippen LogP contribution in [0.2, 0.25) is 0 Å². The lowest BCUT2D eigenvalue weighted by molar-refractivity contribution is 0.00147. The average Bonchev–Trinajstić information content (AvgIpc) is 3.67. The number of ether oxygens (including phenoxy) is 4. The molecule has 5 rings (SSSR count). The number of anilines is 2. The van der Waals surface area contributed by atoms with E-state index in [1.807, 2.05) is 27.7 Å². The Morgan fingerprint density at radius 1 is 1.07 bits per heavy atom. The van der Waals surface area contributed by atoms with Crippen LogP contribution in [0.15, 0.2) is 18.7 Å². The number of piperidine rings is 1. The van der Waals surface area contributed by atoms with E-state index in [9.17, 15) is 12.8 Å². The van der Waals surface area contributed by atoms with Crippen LogP contribution in [0.3, 0.4) is 0 Å². The summed E-state index contributed by atoms with van der Waals surface area (Å²) in [6.07, 6.45) is 3.94. The molecule has 2 aliphatic heterocycles. The van der Waals surface area contributed by atoms with Gasteiger partial charge in [0.05, 0.1) is 38.8 Å². The third-order valence-electron chi connectivity index (χ3n) is 6.67. The van der Waals surface area contributed by atoms with Crippen LogP contribution in [0.1, 0.15) is 60.3 Å². The second-order valence-electron chi connectivity index (χ2n) is 9.88. The smallest absolute Gasteiger partial charge is 0.245 e. The topological polar surface area (TPSA) is 169 Å². The SMILES string of the molecule is CC.COc1ncnc(OC)c1-n1c(NS(=O)(=O)[C@H]2C[C@@H](OC(C)C)CN(c3ncc(F)cn3)C2)nnc1[C@@H]1CCCO1.[HH]. The van der Waals surface area contributed by atoms with Gasteiger partial charge in [-0.2, -0.15) is 9.97 Å². The molecular formula is C26H40FN9O6S. The fourth-order valence-corrected chi connectivity index (χ4v) is 6.37. The van der Waals surface area contributed by atoms with E-state index in [1.54, 1.807) is 4.90 Å². The molecule has 3 aromatic heterocycles. The molecule has 238 valence electrons. The monoisotopic (exact) mass is 625 g/mol. The highest BCUT2D eigenvalue weighted by molar-refractivity contribution is 7.93. The molecular weight excluding hydrogens is 585 g/mol. The summed E-state index contributed by atoms with van der Waals surface area (Å²) in [5.41, 5.74) is 0.219. The Labute approximate surface area is 251 Å². The predicted octanol–water partition coefficient (Wildman–Crippen LogP) is 2.94. The minimum atomic E-state index is -4.12. The number of methoxy groups -OCH3 is 2. The third kappa shape index (κ3) is 7.27. The molecule has 0 aliphatic carbocycles.